The number of hydrogen-bond donors (Lipinski definition) is 2. The van der Waals surface area contributed by atoms with Crippen LogP contribution in [0, 0.1) is 33.8 Å². The van der Waals surface area contributed by atoms with Crippen molar-refractivity contribution in [2.45, 2.75) is 26.7 Å². The molecule has 1 amide bonds. The molecule has 0 spiro atoms. The van der Waals surface area contributed by atoms with Gasteiger partial charge in [0.15, 0.2) is 0 Å². The second kappa shape index (κ2) is 6.31. The molecule has 7 nitrogen and oxygen atoms in total. The van der Waals surface area contributed by atoms with E-state index in [1.165, 1.54) is 18.2 Å². The highest BCUT2D eigenvalue weighted by Gasteiger charge is 2.57. The fourth-order valence-electron chi connectivity index (χ4n) is 4.53. The summed E-state index contributed by atoms with van der Waals surface area (Å²) < 4.78 is 0. The number of benzene rings is 1. The van der Waals surface area contributed by atoms with Crippen LogP contribution in [0.4, 0.5) is 11.4 Å². The molecule has 1 aromatic carbocycles. The number of aliphatic carboxylic acids is 1. The molecule has 2 fully saturated rings. The maximum atomic E-state index is 12.8. The van der Waals surface area contributed by atoms with Gasteiger partial charge in [-0.2, -0.15) is 0 Å². The highest BCUT2D eigenvalue weighted by Crippen LogP contribution is 2.57. The summed E-state index contributed by atoms with van der Waals surface area (Å²) in [7, 11) is 0. The van der Waals surface area contributed by atoms with Crippen molar-refractivity contribution in [3.05, 3.63) is 45.5 Å². The summed E-state index contributed by atoms with van der Waals surface area (Å²) in [6.07, 6.45) is 1.60. The van der Waals surface area contributed by atoms with Crippen molar-refractivity contribution in [2.75, 3.05) is 5.32 Å². The van der Waals surface area contributed by atoms with Gasteiger partial charge in [0, 0.05) is 17.8 Å². The largest absolute Gasteiger partial charge is 0.481 e. The molecule has 2 aliphatic rings. The van der Waals surface area contributed by atoms with Gasteiger partial charge in [-0.1, -0.05) is 17.2 Å². The Kier molecular flexibility index (Phi) is 4.32. The number of nitrogens with one attached hydrogen (secondary N) is 1. The third-order valence-corrected chi connectivity index (χ3v) is 5.33. The van der Waals surface area contributed by atoms with Crippen LogP contribution in [0.25, 0.3) is 0 Å². The molecule has 7 heteroatoms. The average Bonchev–Trinajstić information content (AvgIpc) is 3.11. The number of nitrogens with zero attached hydrogens (tertiary/aromatic N) is 1. The fraction of sp³-hybridized carbons (Fsp3) is 0.444. The maximum absolute atomic E-state index is 12.8. The zero-order chi connectivity index (χ0) is 18.3. The quantitative estimate of drug-likeness (QED) is 0.495. The number of carbonyl (C=O) groups excluding carboxylic acids is 1. The molecule has 1 aromatic rings. The summed E-state index contributed by atoms with van der Waals surface area (Å²) in [5.74, 6) is -2.85. The molecule has 0 radical (unpaired) electrons. The number of fused-ring (bicyclic) bond motifs is 2. The SMILES string of the molecule is CC(C)=C1[C@H]2CC[C@@H]1[C@@H](C(=O)O)[C@@H]2C(=O)Nc1cccc([N+](=O)[O-])c1. The van der Waals surface area contributed by atoms with E-state index in [4.69, 9.17) is 0 Å². The number of allylic oxidation sites excluding steroid dienone is 2. The molecular weight excluding hydrogens is 324 g/mol. The van der Waals surface area contributed by atoms with Crippen molar-refractivity contribution in [3.8, 4) is 0 Å². The van der Waals surface area contributed by atoms with Gasteiger partial charge in [0.1, 0.15) is 0 Å². The lowest BCUT2D eigenvalue weighted by Gasteiger charge is -2.26. The molecule has 0 aliphatic heterocycles. The van der Waals surface area contributed by atoms with Gasteiger partial charge in [0.05, 0.1) is 16.8 Å². The smallest absolute Gasteiger partial charge is 0.307 e. The van der Waals surface area contributed by atoms with Crippen LogP contribution in [0.1, 0.15) is 26.7 Å². The minimum absolute atomic E-state index is 0.0604. The Labute approximate surface area is 144 Å². The minimum atomic E-state index is -0.954. The minimum Gasteiger partial charge on any atom is -0.481 e. The van der Waals surface area contributed by atoms with Crippen LogP contribution in [0.2, 0.25) is 0 Å². The van der Waals surface area contributed by atoms with Crippen LogP contribution in [0.3, 0.4) is 0 Å². The number of rotatable bonds is 4. The van der Waals surface area contributed by atoms with E-state index in [0.29, 0.717) is 5.69 Å². The molecule has 0 aromatic heterocycles. The molecule has 25 heavy (non-hydrogen) atoms. The first kappa shape index (κ1) is 17.1. The molecule has 2 bridgehead atoms. The molecule has 0 saturated heterocycles. The molecule has 132 valence electrons. The second-order valence-corrected chi connectivity index (χ2v) is 6.93. The van der Waals surface area contributed by atoms with Crippen molar-refractivity contribution in [2.24, 2.45) is 23.7 Å². The van der Waals surface area contributed by atoms with Crippen LogP contribution in [0.5, 0.6) is 0 Å². The highest BCUT2D eigenvalue weighted by molar-refractivity contribution is 5.97. The summed E-state index contributed by atoms with van der Waals surface area (Å²) in [6, 6.07) is 5.68. The number of nitro groups is 1. The van der Waals surface area contributed by atoms with Gasteiger partial charge in [-0.05, 0) is 44.6 Å². The first-order valence-electron chi connectivity index (χ1n) is 8.26. The first-order chi connectivity index (χ1) is 11.8. The van der Waals surface area contributed by atoms with E-state index in [1.54, 1.807) is 6.07 Å². The van der Waals surface area contributed by atoms with Gasteiger partial charge in [-0.3, -0.25) is 19.7 Å². The second-order valence-electron chi connectivity index (χ2n) is 6.93. The fourth-order valence-corrected chi connectivity index (χ4v) is 4.53. The Morgan fingerprint density at radius 2 is 1.84 bits per heavy atom. The van der Waals surface area contributed by atoms with Gasteiger partial charge < -0.3 is 10.4 Å². The van der Waals surface area contributed by atoms with Crippen molar-refractivity contribution >= 4 is 23.3 Å². The van der Waals surface area contributed by atoms with E-state index in [1.807, 2.05) is 13.8 Å². The number of carboxylic acid groups (broad SMARTS) is 1. The maximum Gasteiger partial charge on any atom is 0.307 e. The van der Waals surface area contributed by atoms with Gasteiger partial charge in [0.25, 0.3) is 5.69 Å². The van der Waals surface area contributed by atoms with E-state index in [9.17, 15) is 24.8 Å². The van der Waals surface area contributed by atoms with Crippen molar-refractivity contribution in [3.63, 3.8) is 0 Å². The van der Waals surface area contributed by atoms with Gasteiger partial charge in [0.2, 0.25) is 5.91 Å². The van der Waals surface area contributed by atoms with Crippen molar-refractivity contribution in [1.29, 1.82) is 0 Å². The van der Waals surface area contributed by atoms with E-state index < -0.39 is 22.7 Å². The number of anilines is 1. The zero-order valence-corrected chi connectivity index (χ0v) is 14.1. The van der Waals surface area contributed by atoms with Crippen LogP contribution < -0.4 is 5.32 Å². The predicted molar refractivity (Wildman–Crippen MR) is 90.9 cm³/mol. The van der Waals surface area contributed by atoms with E-state index >= 15 is 0 Å². The van der Waals surface area contributed by atoms with Crippen molar-refractivity contribution < 1.29 is 19.6 Å². The summed E-state index contributed by atoms with van der Waals surface area (Å²) in [5, 5.41) is 23.2. The van der Waals surface area contributed by atoms with E-state index in [0.717, 1.165) is 24.0 Å². The normalized spacial score (nSPS) is 27.2. The Morgan fingerprint density at radius 3 is 2.40 bits per heavy atom. The van der Waals surface area contributed by atoms with E-state index in [-0.39, 0.29) is 23.4 Å². The third-order valence-electron chi connectivity index (χ3n) is 5.33. The van der Waals surface area contributed by atoms with Gasteiger partial charge in [-0.25, -0.2) is 0 Å². The molecule has 0 unspecified atom stereocenters. The lowest BCUT2D eigenvalue weighted by Crippen LogP contribution is -2.37. The number of hydrogen-bond acceptors (Lipinski definition) is 4. The Bertz CT molecular complexity index is 781. The predicted octanol–water partition coefficient (Wildman–Crippen LogP) is 3.23. The van der Waals surface area contributed by atoms with Crippen LogP contribution in [0.15, 0.2) is 35.4 Å². The molecule has 2 N–H and O–H groups in total. The third kappa shape index (κ3) is 2.90. The average molecular weight is 344 g/mol. The van der Waals surface area contributed by atoms with E-state index in [2.05, 4.69) is 5.32 Å². The van der Waals surface area contributed by atoms with Gasteiger partial charge >= 0.3 is 5.97 Å². The van der Waals surface area contributed by atoms with Gasteiger partial charge in [-0.15, -0.1) is 0 Å². The van der Waals surface area contributed by atoms with Crippen LogP contribution in [-0.4, -0.2) is 21.9 Å². The number of non-ortho nitro benzene ring substituents is 1. The lowest BCUT2D eigenvalue weighted by atomic mass is 9.78. The van der Waals surface area contributed by atoms with Crippen LogP contribution in [-0.2, 0) is 9.59 Å². The Balaban J connectivity index is 1.88. The first-order valence-corrected chi connectivity index (χ1v) is 8.26. The highest BCUT2D eigenvalue weighted by atomic mass is 16.6. The van der Waals surface area contributed by atoms with Crippen LogP contribution >= 0.6 is 0 Å². The zero-order valence-electron chi connectivity index (χ0n) is 14.1. The molecule has 0 heterocycles. The summed E-state index contributed by atoms with van der Waals surface area (Å²) in [5.41, 5.74) is 2.38. The molecular formula is C18H20N2O5. The standard InChI is InChI=1S/C18H20N2O5/c1-9(2)14-12-6-7-13(14)16(18(22)23)15(12)17(21)19-10-4-3-5-11(8-10)20(24)25/h3-5,8,12-13,15-16H,6-7H2,1-2H3,(H,19,21)(H,22,23)/t12-,13+,15-,16-/m1/s1. The summed E-state index contributed by atoms with van der Waals surface area (Å²) in [6.45, 7) is 3.92. The molecule has 2 aliphatic carbocycles. The summed E-state index contributed by atoms with van der Waals surface area (Å²) in [4.78, 5) is 34.9. The molecule has 2 saturated carbocycles. The number of carbonyl (C=O) groups is 2. The summed E-state index contributed by atoms with van der Waals surface area (Å²) >= 11 is 0. The lowest BCUT2D eigenvalue weighted by molar-refractivity contribution is -0.384. The Hall–Kier alpha value is -2.70. The monoisotopic (exact) mass is 344 g/mol. The van der Waals surface area contributed by atoms with Crippen molar-refractivity contribution in [1.82, 2.24) is 0 Å². The number of nitro benzene ring substituents is 1. The molecule has 3 rings (SSSR count). The Morgan fingerprint density at radius 1 is 1.20 bits per heavy atom. The number of amides is 1. The number of carboxylic acids is 1. The topological polar surface area (TPSA) is 110 Å². The molecule has 4 atom stereocenters.